The Hall–Kier alpha value is -1.90. The molecule has 1 aromatic heterocycles. The molecule has 2 N–H and O–H groups in total. The van der Waals surface area contributed by atoms with Gasteiger partial charge < -0.3 is 5.32 Å². The number of carbonyl (C=O) groups is 1. The van der Waals surface area contributed by atoms with Crippen LogP contribution in [0.25, 0.3) is 0 Å². The molecule has 86 valence electrons. The van der Waals surface area contributed by atoms with Crippen molar-refractivity contribution in [3.8, 4) is 6.07 Å². The Kier molecular flexibility index (Phi) is 4.45. The van der Waals surface area contributed by atoms with Crippen LogP contribution >= 0.6 is 0 Å². The van der Waals surface area contributed by atoms with Crippen LogP contribution in [0.2, 0.25) is 0 Å². The summed E-state index contributed by atoms with van der Waals surface area (Å²) in [6, 6.07) is 2.01. The monoisotopic (exact) mass is 221 g/mol. The van der Waals surface area contributed by atoms with Gasteiger partial charge in [0.15, 0.2) is 0 Å². The van der Waals surface area contributed by atoms with Crippen molar-refractivity contribution < 1.29 is 4.79 Å². The average molecular weight is 221 g/mol. The highest BCUT2D eigenvalue weighted by Gasteiger charge is 2.12. The molecule has 1 rings (SSSR count). The van der Waals surface area contributed by atoms with Crippen LogP contribution in [-0.2, 0) is 0 Å². The van der Waals surface area contributed by atoms with Gasteiger partial charge in [-0.05, 0) is 6.42 Å². The van der Waals surface area contributed by atoms with Crippen molar-refractivity contribution in [2.45, 2.75) is 32.6 Å². The molecule has 1 heterocycles. The van der Waals surface area contributed by atoms with E-state index in [1.807, 2.05) is 19.9 Å². The maximum Gasteiger partial charge on any atom is 0.290 e. The molecule has 16 heavy (non-hydrogen) atoms. The molecule has 1 amide bonds. The molecule has 0 unspecified atom stereocenters. The molecule has 0 aromatic carbocycles. The topological polar surface area (TPSA) is 94.5 Å². The average Bonchev–Trinajstić information content (AvgIpc) is 2.73. The standard InChI is InChI=1S/C10H15N5O/c1-7(2)8-13-9(15-14-8)10(16)12-6-4-3-5-11/h7H,3-4,6H2,1-2H3,(H,12,16)(H,13,14,15). The van der Waals surface area contributed by atoms with Crippen molar-refractivity contribution in [2.24, 2.45) is 0 Å². The number of hydrogen-bond donors (Lipinski definition) is 2. The van der Waals surface area contributed by atoms with E-state index in [2.05, 4.69) is 20.5 Å². The normalized spacial score (nSPS) is 10.1. The number of amides is 1. The Morgan fingerprint density at radius 1 is 1.62 bits per heavy atom. The number of H-pyrrole nitrogens is 1. The predicted octanol–water partition coefficient (Wildman–Crippen LogP) is 0.962. The molecule has 0 spiro atoms. The lowest BCUT2D eigenvalue weighted by Crippen LogP contribution is -2.25. The second-order valence-corrected chi connectivity index (χ2v) is 3.72. The van der Waals surface area contributed by atoms with Crippen LogP contribution < -0.4 is 5.32 Å². The van der Waals surface area contributed by atoms with Crippen molar-refractivity contribution in [3.63, 3.8) is 0 Å². The van der Waals surface area contributed by atoms with Crippen molar-refractivity contribution >= 4 is 5.91 Å². The fourth-order valence-electron chi connectivity index (χ4n) is 1.08. The zero-order valence-corrected chi connectivity index (χ0v) is 9.45. The van der Waals surface area contributed by atoms with Gasteiger partial charge >= 0.3 is 0 Å². The maximum absolute atomic E-state index is 11.5. The molecule has 0 saturated heterocycles. The number of nitrogens with one attached hydrogen (secondary N) is 2. The summed E-state index contributed by atoms with van der Waals surface area (Å²) in [5.41, 5.74) is 0. The predicted molar refractivity (Wildman–Crippen MR) is 57.7 cm³/mol. The van der Waals surface area contributed by atoms with Crippen LogP contribution in [0, 0.1) is 11.3 Å². The number of nitrogens with zero attached hydrogens (tertiary/aromatic N) is 3. The number of unbranched alkanes of at least 4 members (excludes halogenated alkanes) is 1. The number of aromatic amines is 1. The van der Waals surface area contributed by atoms with E-state index in [4.69, 9.17) is 5.26 Å². The third kappa shape index (κ3) is 3.35. The molecule has 0 atom stereocenters. The van der Waals surface area contributed by atoms with E-state index in [0.29, 0.717) is 25.2 Å². The highest BCUT2D eigenvalue weighted by atomic mass is 16.2. The fourth-order valence-corrected chi connectivity index (χ4v) is 1.08. The van der Waals surface area contributed by atoms with Gasteiger partial charge in [0.25, 0.3) is 5.91 Å². The SMILES string of the molecule is CC(C)c1nc(C(=O)NCCCC#N)n[nH]1. The van der Waals surface area contributed by atoms with Gasteiger partial charge in [-0.2, -0.15) is 5.26 Å². The van der Waals surface area contributed by atoms with E-state index in [0.717, 1.165) is 0 Å². The first kappa shape index (κ1) is 12.2. The molecule has 0 radical (unpaired) electrons. The summed E-state index contributed by atoms with van der Waals surface area (Å²) < 4.78 is 0. The minimum absolute atomic E-state index is 0.153. The van der Waals surface area contributed by atoms with Gasteiger partial charge in [0.05, 0.1) is 6.07 Å². The lowest BCUT2D eigenvalue weighted by molar-refractivity contribution is 0.0943. The van der Waals surface area contributed by atoms with Crippen molar-refractivity contribution in [1.29, 1.82) is 5.26 Å². The molecule has 6 nitrogen and oxygen atoms in total. The Morgan fingerprint density at radius 3 is 2.94 bits per heavy atom. The van der Waals surface area contributed by atoms with Crippen LogP contribution in [0.4, 0.5) is 0 Å². The summed E-state index contributed by atoms with van der Waals surface area (Å²) in [5, 5.41) is 17.5. The van der Waals surface area contributed by atoms with Gasteiger partial charge in [-0.25, -0.2) is 4.98 Å². The molecule has 0 aliphatic carbocycles. The van der Waals surface area contributed by atoms with Gasteiger partial charge in [0, 0.05) is 18.9 Å². The van der Waals surface area contributed by atoms with Gasteiger partial charge in [0.2, 0.25) is 5.82 Å². The van der Waals surface area contributed by atoms with Gasteiger partial charge in [-0.3, -0.25) is 9.89 Å². The molecule has 0 fully saturated rings. The molecule has 0 aliphatic heterocycles. The second-order valence-electron chi connectivity index (χ2n) is 3.72. The first-order chi connectivity index (χ1) is 7.65. The van der Waals surface area contributed by atoms with E-state index < -0.39 is 0 Å². The van der Waals surface area contributed by atoms with E-state index in [-0.39, 0.29) is 17.6 Å². The number of carbonyl (C=O) groups excluding carboxylic acids is 1. The summed E-state index contributed by atoms with van der Waals surface area (Å²) in [5.74, 6) is 0.761. The molecule has 0 saturated carbocycles. The number of rotatable bonds is 5. The third-order valence-corrected chi connectivity index (χ3v) is 2.00. The smallest absolute Gasteiger partial charge is 0.290 e. The maximum atomic E-state index is 11.5. The lowest BCUT2D eigenvalue weighted by Gasteiger charge is -1.99. The first-order valence-corrected chi connectivity index (χ1v) is 5.22. The highest BCUT2D eigenvalue weighted by molar-refractivity contribution is 5.90. The van der Waals surface area contributed by atoms with Gasteiger partial charge in [0.1, 0.15) is 5.82 Å². The van der Waals surface area contributed by atoms with Crippen LogP contribution in [0.1, 0.15) is 49.1 Å². The van der Waals surface area contributed by atoms with Gasteiger partial charge in [-0.15, -0.1) is 5.10 Å². The number of aromatic nitrogens is 3. The molecular weight excluding hydrogens is 206 g/mol. The second kappa shape index (κ2) is 5.85. The van der Waals surface area contributed by atoms with Gasteiger partial charge in [-0.1, -0.05) is 13.8 Å². The lowest BCUT2D eigenvalue weighted by atomic mass is 10.2. The Labute approximate surface area is 94.1 Å². The first-order valence-electron chi connectivity index (χ1n) is 5.22. The molecule has 6 heteroatoms. The van der Waals surface area contributed by atoms with Crippen molar-refractivity contribution in [3.05, 3.63) is 11.6 Å². The highest BCUT2D eigenvalue weighted by Crippen LogP contribution is 2.07. The van der Waals surface area contributed by atoms with Crippen LogP contribution in [0.15, 0.2) is 0 Å². The minimum atomic E-state index is -0.305. The summed E-state index contributed by atoms with van der Waals surface area (Å²) in [4.78, 5) is 15.6. The van der Waals surface area contributed by atoms with Crippen LogP contribution in [-0.4, -0.2) is 27.6 Å². The van der Waals surface area contributed by atoms with Crippen molar-refractivity contribution in [1.82, 2.24) is 20.5 Å². The minimum Gasteiger partial charge on any atom is -0.349 e. The third-order valence-electron chi connectivity index (χ3n) is 2.00. The van der Waals surface area contributed by atoms with E-state index in [1.54, 1.807) is 0 Å². The summed E-state index contributed by atoms with van der Waals surface area (Å²) in [7, 11) is 0. The fraction of sp³-hybridized carbons (Fsp3) is 0.600. The zero-order valence-electron chi connectivity index (χ0n) is 9.45. The van der Waals surface area contributed by atoms with Crippen LogP contribution in [0.5, 0.6) is 0 Å². The Balaban J connectivity index is 2.44. The molecular formula is C10H15N5O. The quantitative estimate of drug-likeness (QED) is 0.724. The Bertz CT molecular complexity index is 390. The molecule has 0 aliphatic rings. The van der Waals surface area contributed by atoms with Crippen molar-refractivity contribution in [2.75, 3.05) is 6.54 Å². The summed E-state index contributed by atoms with van der Waals surface area (Å²) >= 11 is 0. The molecule has 0 bridgehead atoms. The van der Waals surface area contributed by atoms with E-state index in [9.17, 15) is 4.79 Å². The summed E-state index contributed by atoms with van der Waals surface area (Å²) in [6.07, 6.45) is 1.08. The van der Waals surface area contributed by atoms with E-state index >= 15 is 0 Å². The molecule has 1 aromatic rings. The zero-order chi connectivity index (χ0) is 12.0. The largest absolute Gasteiger partial charge is 0.349 e. The van der Waals surface area contributed by atoms with Crippen LogP contribution in [0.3, 0.4) is 0 Å². The number of nitriles is 1. The number of hydrogen-bond acceptors (Lipinski definition) is 4. The summed E-state index contributed by atoms with van der Waals surface area (Å²) in [6.45, 7) is 4.40. The Morgan fingerprint density at radius 2 is 2.38 bits per heavy atom. The van der Waals surface area contributed by atoms with E-state index in [1.165, 1.54) is 0 Å².